The van der Waals surface area contributed by atoms with Crippen molar-refractivity contribution in [1.29, 1.82) is 0 Å². The third-order valence-corrected chi connectivity index (χ3v) is 2.97. The first-order chi connectivity index (χ1) is 9.40. The summed E-state index contributed by atoms with van der Waals surface area (Å²) in [4.78, 5) is 13.9. The maximum atomic E-state index is 11.9. The minimum atomic E-state index is -0.404. The predicted molar refractivity (Wildman–Crippen MR) is 82.9 cm³/mol. The molecule has 0 bridgehead atoms. The average Bonchev–Trinajstić information content (AvgIpc) is 2.42. The Morgan fingerprint density at radius 1 is 1.20 bits per heavy atom. The zero-order chi connectivity index (χ0) is 15.1. The van der Waals surface area contributed by atoms with Crippen molar-refractivity contribution in [3.8, 4) is 0 Å². The minimum absolute atomic E-state index is 0.0673. The molecule has 4 heteroatoms. The highest BCUT2D eigenvalue weighted by Gasteiger charge is 2.13. The lowest BCUT2D eigenvalue weighted by Crippen LogP contribution is -2.34. The fraction of sp³-hybridized carbons (Fsp3) is 0.562. The fourth-order valence-corrected chi connectivity index (χ4v) is 1.66. The van der Waals surface area contributed by atoms with Crippen molar-refractivity contribution in [1.82, 2.24) is 5.32 Å². The first-order valence-corrected chi connectivity index (χ1v) is 7.05. The van der Waals surface area contributed by atoms with E-state index < -0.39 is 6.10 Å². The number of nitrogens with one attached hydrogen (secondary N) is 1. The van der Waals surface area contributed by atoms with E-state index >= 15 is 0 Å². The van der Waals surface area contributed by atoms with Crippen molar-refractivity contribution < 1.29 is 9.53 Å². The maximum absolute atomic E-state index is 11.9. The molecule has 1 atom stereocenters. The second-order valence-electron chi connectivity index (χ2n) is 5.65. The molecular formula is C16H26N2O2. The van der Waals surface area contributed by atoms with Gasteiger partial charge in [0.2, 0.25) is 5.91 Å². The largest absolute Gasteiger partial charge is 0.378 e. The smallest absolute Gasteiger partial charge is 0.249 e. The maximum Gasteiger partial charge on any atom is 0.249 e. The van der Waals surface area contributed by atoms with Gasteiger partial charge in [-0.25, -0.2) is 0 Å². The number of anilines is 1. The molecule has 1 rings (SSSR count). The summed E-state index contributed by atoms with van der Waals surface area (Å²) in [6, 6.07) is 8.13. The van der Waals surface area contributed by atoms with Gasteiger partial charge in [0.25, 0.3) is 0 Å². The fourth-order valence-electron chi connectivity index (χ4n) is 1.66. The molecule has 0 saturated carbocycles. The summed E-state index contributed by atoms with van der Waals surface area (Å²) in [6.45, 7) is 7.05. The molecule has 1 aromatic rings. The van der Waals surface area contributed by atoms with Gasteiger partial charge < -0.3 is 15.0 Å². The van der Waals surface area contributed by atoms with E-state index in [1.54, 1.807) is 6.92 Å². The Bertz CT molecular complexity index is 413. The Hall–Kier alpha value is -1.55. The lowest BCUT2D eigenvalue weighted by atomic mass is 10.2. The number of nitrogens with zero attached hydrogens (tertiary/aromatic N) is 1. The Morgan fingerprint density at radius 2 is 1.80 bits per heavy atom. The van der Waals surface area contributed by atoms with Gasteiger partial charge in [-0.1, -0.05) is 26.0 Å². The summed E-state index contributed by atoms with van der Waals surface area (Å²) in [5.41, 5.74) is 2.23. The SMILES string of the molecule is CC(C)CO[C@@H](C)C(=O)NCc1ccc(N(C)C)cc1. The number of carbonyl (C=O) groups excluding carboxylic acids is 1. The van der Waals surface area contributed by atoms with Crippen LogP contribution in [0.4, 0.5) is 5.69 Å². The third kappa shape index (κ3) is 5.61. The van der Waals surface area contributed by atoms with Crippen LogP contribution in [0.15, 0.2) is 24.3 Å². The van der Waals surface area contributed by atoms with Gasteiger partial charge in [0.1, 0.15) is 6.10 Å². The number of hydrogen-bond donors (Lipinski definition) is 1. The van der Waals surface area contributed by atoms with Crippen LogP contribution in [-0.2, 0) is 16.1 Å². The molecule has 0 aromatic heterocycles. The topological polar surface area (TPSA) is 41.6 Å². The molecule has 0 unspecified atom stereocenters. The van der Waals surface area contributed by atoms with Crippen molar-refractivity contribution >= 4 is 11.6 Å². The molecule has 0 heterocycles. The van der Waals surface area contributed by atoms with E-state index in [1.165, 1.54) is 0 Å². The molecule has 0 aliphatic rings. The number of amides is 1. The van der Waals surface area contributed by atoms with E-state index in [4.69, 9.17) is 4.74 Å². The van der Waals surface area contributed by atoms with Crippen molar-refractivity contribution in [2.45, 2.75) is 33.4 Å². The van der Waals surface area contributed by atoms with Gasteiger partial charge in [-0.05, 0) is 30.5 Å². The third-order valence-electron chi connectivity index (χ3n) is 2.97. The van der Waals surface area contributed by atoms with Crippen molar-refractivity contribution in [2.24, 2.45) is 5.92 Å². The normalized spacial score (nSPS) is 12.3. The van der Waals surface area contributed by atoms with Crippen LogP contribution in [-0.4, -0.2) is 32.7 Å². The summed E-state index contributed by atoms with van der Waals surface area (Å²) in [7, 11) is 4.01. The van der Waals surface area contributed by atoms with Crippen LogP contribution < -0.4 is 10.2 Å². The first-order valence-electron chi connectivity index (χ1n) is 7.05. The van der Waals surface area contributed by atoms with Gasteiger partial charge in [-0.2, -0.15) is 0 Å². The van der Waals surface area contributed by atoms with Gasteiger partial charge in [0.15, 0.2) is 0 Å². The molecule has 20 heavy (non-hydrogen) atoms. The summed E-state index contributed by atoms with van der Waals surface area (Å²) in [5.74, 6) is 0.367. The second-order valence-corrected chi connectivity index (χ2v) is 5.65. The number of ether oxygens (including phenoxy) is 1. The molecule has 112 valence electrons. The van der Waals surface area contributed by atoms with Crippen molar-refractivity contribution in [2.75, 3.05) is 25.6 Å². The van der Waals surface area contributed by atoms with Gasteiger partial charge >= 0.3 is 0 Å². The highest BCUT2D eigenvalue weighted by Crippen LogP contribution is 2.12. The predicted octanol–water partition coefficient (Wildman–Crippen LogP) is 2.43. The van der Waals surface area contributed by atoms with Crippen LogP contribution >= 0.6 is 0 Å². The molecular weight excluding hydrogens is 252 g/mol. The standard InChI is InChI=1S/C16H26N2O2/c1-12(2)11-20-13(3)16(19)17-10-14-6-8-15(9-7-14)18(4)5/h6-9,12-13H,10-11H2,1-5H3,(H,17,19)/t13-/m0/s1. The number of carbonyl (C=O) groups is 1. The molecule has 0 fully saturated rings. The quantitative estimate of drug-likeness (QED) is 0.833. The van der Waals surface area contributed by atoms with Crippen LogP contribution in [0.5, 0.6) is 0 Å². The van der Waals surface area contributed by atoms with Crippen molar-refractivity contribution in [3.63, 3.8) is 0 Å². The minimum Gasteiger partial charge on any atom is -0.378 e. The number of hydrogen-bond acceptors (Lipinski definition) is 3. The lowest BCUT2D eigenvalue weighted by Gasteiger charge is -2.15. The number of rotatable bonds is 7. The highest BCUT2D eigenvalue weighted by molar-refractivity contribution is 5.80. The molecule has 1 amide bonds. The van der Waals surface area contributed by atoms with E-state index in [0.29, 0.717) is 19.1 Å². The van der Waals surface area contributed by atoms with Crippen LogP contribution in [0.1, 0.15) is 26.3 Å². The van der Waals surface area contributed by atoms with Gasteiger partial charge in [0, 0.05) is 32.9 Å². The molecule has 1 N–H and O–H groups in total. The van der Waals surface area contributed by atoms with E-state index in [0.717, 1.165) is 11.3 Å². The summed E-state index contributed by atoms with van der Waals surface area (Å²) >= 11 is 0. The van der Waals surface area contributed by atoms with Crippen LogP contribution in [0.25, 0.3) is 0 Å². The Kier molecular flexibility index (Phi) is 6.52. The summed E-state index contributed by atoms with van der Waals surface area (Å²) < 4.78 is 5.49. The van der Waals surface area contributed by atoms with Crippen LogP contribution in [0.2, 0.25) is 0 Å². The van der Waals surface area contributed by atoms with Gasteiger partial charge in [-0.15, -0.1) is 0 Å². The molecule has 0 aliphatic heterocycles. The molecule has 4 nitrogen and oxygen atoms in total. The van der Waals surface area contributed by atoms with Gasteiger partial charge in [-0.3, -0.25) is 4.79 Å². The summed E-state index contributed by atoms with van der Waals surface area (Å²) in [6.07, 6.45) is -0.404. The zero-order valence-corrected chi connectivity index (χ0v) is 13.1. The number of benzene rings is 1. The Morgan fingerprint density at radius 3 is 2.30 bits per heavy atom. The molecule has 0 aliphatic carbocycles. The highest BCUT2D eigenvalue weighted by atomic mass is 16.5. The van der Waals surface area contributed by atoms with Crippen LogP contribution in [0, 0.1) is 5.92 Å². The zero-order valence-electron chi connectivity index (χ0n) is 13.1. The van der Waals surface area contributed by atoms with E-state index in [9.17, 15) is 4.79 Å². The molecule has 1 aromatic carbocycles. The molecule has 0 spiro atoms. The second kappa shape index (κ2) is 7.90. The van der Waals surface area contributed by atoms with E-state index in [2.05, 4.69) is 19.2 Å². The van der Waals surface area contributed by atoms with Gasteiger partial charge in [0.05, 0.1) is 0 Å². The molecule has 0 radical (unpaired) electrons. The lowest BCUT2D eigenvalue weighted by molar-refractivity contribution is -0.132. The average molecular weight is 278 g/mol. The van der Waals surface area contributed by atoms with Crippen LogP contribution in [0.3, 0.4) is 0 Å². The van der Waals surface area contributed by atoms with Crippen molar-refractivity contribution in [3.05, 3.63) is 29.8 Å². The van der Waals surface area contributed by atoms with E-state index in [-0.39, 0.29) is 5.91 Å². The molecule has 0 saturated heterocycles. The van der Waals surface area contributed by atoms with E-state index in [1.807, 2.05) is 43.3 Å². The Labute approximate surface area is 122 Å². The monoisotopic (exact) mass is 278 g/mol. The first kappa shape index (κ1) is 16.5. The summed E-state index contributed by atoms with van der Waals surface area (Å²) in [5, 5.41) is 2.89. The Balaban J connectivity index is 2.40.